The molecule has 0 saturated carbocycles. The summed E-state index contributed by atoms with van der Waals surface area (Å²) in [5, 5.41) is 9.13. The number of ether oxygens (including phenoxy) is 2. The number of amides is 2. The Morgan fingerprint density at radius 2 is 1.66 bits per heavy atom. The maximum atomic E-state index is 12.8. The molecule has 0 aliphatic rings. The first-order chi connectivity index (χ1) is 15.3. The third-order valence-corrected chi connectivity index (χ3v) is 6.00. The maximum Gasteiger partial charge on any atom is 0.274 e. The van der Waals surface area contributed by atoms with Crippen LogP contribution in [0.2, 0.25) is 0 Å². The second-order valence-electron chi connectivity index (χ2n) is 7.19. The first-order valence-electron chi connectivity index (χ1n) is 9.86. The predicted octanol–water partition coefficient (Wildman–Crippen LogP) is 4.71. The number of hydrazone groups is 1. The van der Waals surface area contributed by atoms with Crippen LogP contribution >= 0.6 is 11.3 Å². The molecule has 0 fully saturated rings. The van der Waals surface area contributed by atoms with Crippen LogP contribution in [0.5, 0.6) is 11.5 Å². The summed E-state index contributed by atoms with van der Waals surface area (Å²) in [5.41, 5.74) is 7.27. The summed E-state index contributed by atoms with van der Waals surface area (Å²) >= 11 is 1.28. The summed E-state index contributed by atoms with van der Waals surface area (Å²) in [5.74, 6) is 0.214. The minimum absolute atomic E-state index is 0.361. The zero-order chi connectivity index (χ0) is 23.3. The zero-order valence-corrected chi connectivity index (χ0v) is 19.4. The van der Waals surface area contributed by atoms with Crippen LogP contribution in [-0.4, -0.2) is 32.2 Å². The van der Waals surface area contributed by atoms with E-state index < -0.39 is 5.91 Å². The minimum atomic E-state index is -0.397. The van der Waals surface area contributed by atoms with Gasteiger partial charge in [0.25, 0.3) is 11.8 Å². The highest BCUT2D eigenvalue weighted by Gasteiger charge is 2.19. The number of carbonyl (C=O) groups excluding carboxylic acids is 2. The number of nitrogens with zero attached hydrogens (tertiary/aromatic N) is 1. The van der Waals surface area contributed by atoms with Crippen molar-refractivity contribution in [3.8, 4) is 11.5 Å². The third kappa shape index (κ3) is 5.15. The van der Waals surface area contributed by atoms with Crippen molar-refractivity contribution in [3.63, 3.8) is 0 Å². The van der Waals surface area contributed by atoms with Crippen LogP contribution in [0.15, 0.2) is 46.9 Å². The summed E-state index contributed by atoms with van der Waals surface area (Å²) in [4.78, 5) is 25.5. The van der Waals surface area contributed by atoms with E-state index in [-0.39, 0.29) is 5.91 Å². The van der Waals surface area contributed by atoms with Crippen LogP contribution in [0.1, 0.15) is 43.0 Å². The molecular weight excluding hydrogens is 426 g/mol. The summed E-state index contributed by atoms with van der Waals surface area (Å²) in [6, 6.07) is 10.8. The number of nitrogens with one attached hydrogen (secondary N) is 2. The van der Waals surface area contributed by atoms with Crippen molar-refractivity contribution < 1.29 is 19.1 Å². The van der Waals surface area contributed by atoms with Gasteiger partial charge >= 0.3 is 0 Å². The van der Waals surface area contributed by atoms with Gasteiger partial charge in [-0.25, -0.2) is 5.43 Å². The van der Waals surface area contributed by atoms with E-state index in [9.17, 15) is 9.59 Å². The SMILES string of the molecule is COc1ccc(C(=O)Nc2scc(C)c2C(=O)NN=Cc2ccc(C)c(C)c2)cc1OC. The monoisotopic (exact) mass is 451 g/mol. The van der Waals surface area contributed by atoms with E-state index in [1.807, 2.05) is 44.4 Å². The van der Waals surface area contributed by atoms with Crippen molar-refractivity contribution in [2.45, 2.75) is 20.8 Å². The fraction of sp³-hybridized carbons (Fsp3) is 0.208. The normalized spacial score (nSPS) is 10.8. The molecule has 166 valence electrons. The highest BCUT2D eigenvalue weighted by atomic mass is 32.1. The van der Waals surface area contributed by atoms with E-state index in [1.165, 1.54) is 31.1 Å². The van der Waals surface area contributed by atoms with E-state index in [4.69, 9.17) is 9.47 Å². The van der Waals surface area contributed by atoms with Gasteiger partial charge in [0.2, 0.25) is 0 Å². The van der Waals surface area contributed by atoms with Crippen molar-refractivity contribution in [3.05, 3.63) is 75.2 Å². The predicted molar refractivity (Wildman–Crippen MR) is 128 cm³/mol. The van der Waals surface area contributed by atoms with Gasteiger partial charge in [0.15, 0.2) is 11.5 Å². The average molecular weight is 452 g/mol. The standard InChI is InChI=1S/C24H25N3O4S/c1-14-6-7-17(10-15(14)2)12-25-27-23(29)21-16(3)13-32-24(21)26-22(28)18-8-9-19(30-4)20(11-18)31-5/h6-13H,1-5H3,(H,26,28)(H,27,29). The molecule has 0 aliphatic heterocycles. The fourth-order valence-corrected chi connectivity index (χ4v) is 3.97. The molecule has 3 aromatic rings. The third-order valence-electron chi connectivity index (χ3n) is 4.99. The topological polar surface area (TPSA) is 89.0 Å². The Kier molecular flexibility index (Phi) is 7.27. The number of methoxy groups -OCH3 is 2. The summed E-state index contributed by atoms with van der Waals surface area (Å²) in [6.07, 6.45) is 1.59. The van der Waals surface area contributed by atoms with Crippen molar-refractivity contribution >= 4 is 34.4 Å². The molecule has 7 nitrogen and oxygen atoms in total. The molecular formula is C24H25N3O4S. The number of anilines is 1. The zero-order valence-electron chi connectivity index (χ0n) is 18.6. The smallest absolute Gasteiger partial charge is 0.274 e. The number of thiophene rings is 1. The Bertz CT molecular complexity index is 1180. The Morgan fingerprint density at radius 3 is 2.34 bits per heavy atom. The maximum absolute atomic E-state index is 12.8. The van der Waals surface area contributed by atoms with Gasteiger partial charge in [0.1, 0.15) is 5.00 Å². The van der Waals surface area contributed by atoms with Crippen LogP contribution in [0.25, 0.3) is 0 Å². The molecule has 8 heteroatoms. The lowest BCUT2D eigenvalue weighted by Gasteiger charge is -2.10. The molecule has 1 aromatic heterocycles. The molecule has 32 heavy (non-hydrogen) atoms. The summed E-state index contributed by atoms with van der Waals surface area (Å²) in [7, 11) is 3.03. The highest BCUT2D eigenvalue weighted by molar-refractivity contribution is 7.15. The number of hydrogen-bond donors (Lipinski definition) is 2. The molecule has 0 aliphatic carbocycles. The number of carbonyl (C=O) groups is 2. The van der Waals surface area contributed by atoms with Gasteiger partial charge in [-0.05, 0) is 66.6 Å². The van der Waals surface area contributed by atoms with Crippen LogP contribution in [0.4, 0.5) is 5.00 Å². The van der Waals surface area contributed by atoms with E-state index in [0.29, 0.717) is 27.6 Å². The van der Waals surface area contributed by atoms with Gasteiger partial charge < -0.3 is 14.8 Å². The molecule has 2 aromatic carbocycles. The first-order valence-corrected chi connectivity index (χ1v) is 10.7. The quantitative estimate of drug-likeness (QED) is 0.402. The van der Waals surface area contributed by atoms with Crippen LogP contribution in [-0.2, 0) is 0 Å². The van der Waals surface area contributed by atoms with Crippen molar-refractivity contribution in [1.29, 1.82) is 0 Å². The Labute approximate surface area is 191 Å². The molecule has 0 radical (unpaired) electrons. The van der Waals surface area contributed by atoms with Crippen LogP contribution < -0.4 is 20.2 Å². The molecule has 3 rings (SSSR count). The van der Waals surface area contributed by atoms with Crippen molar-refractivity contribution in [2.75, 3.05) is 19.5 Å². The second kappa shape index (κ2) is 10.1. The van der Waals surface area contributed by atoms with Crippen molar-refractivity contribution in [2.24, 2.45) is 5.10 Å². The number of benzene rings is 2. The minimum Gasteiger partial charge on any atom is -0.493 e. The molecule has 2 amide bonds. The Balaban J connectivity index is 1.74. The lowest BCUT2D eigenvalue weighted by atomic mass is 10.1. The number of rotatable bonds is 7. The number of hydrogen-bond acceptors (Lipinski definition) is 6. The van der Waals surface area contributed by atoms with Gasteiger partial charge in [0.05, 0.1) is 26.0 Å². The fourth-order valence-electron chi connectivity index (χ4n) is 3.04. The Morgan fingerprint density at radius 1 is 0.906 bits per heavy atom. The lowest BCUT2D eigenvalue weighted by Crippen LogP contribution is -2.21. The molecule has 1 heterocycles. The van der Waals surface area contributed by atoms with Crippen LogP contribution in [0.3, 0.4) is 0 Å². The van der Waals surface area contributed by atoms with Gasteiger partial charge in [0, 0.05) is 5.56 Å². The van der Waals surface area contributed by atoms with E-state index >= 15 is 0 Å². The van der Waals surface area contributed by atoms with Crippen molar-refractivity contribution in [1.82, 2.24) is 5.43 Å². The van der Waals surface area contributed by atoms with E-state index in [0.717, 1.165) is 16.7 Å². The van der Waals surface area contributed by atoms with Gasteiger partial charge in [-0.2, -0.15) is 5.10 Å². The van der Waals surface area contributed by atoms with E-state index in [1.54, 1.807) is 24.4 Å². The van der Waals surface area contributed by atoms with E-state index in [2.05, 4.69) is 15.8 Å². The van der Waals surface area contributed by atoms with Gasteiger partial charge in [-0.15, -0.1) is 11.3 Å². The molecule has 0 bridgehead atoms. The Hall–Kier alpha value is -3.65. The first kappa shape index (κ1) is 23.0. The molecule has 0 unspecified atom stereocenters. The molecule has 2 N–H and O–H groups in total. The average Bonchev–Trinajstić information content (AvgIpc) is 3.15. The summed E-state index contributed by atoms with van der Waals surface area (Å²) in [6.45, 7) is 5.87. The molecule has 0 spiro atoms. The van der Waals surface area contributed by atoms with Crippen LogP contribution in [0, 0.1) is 20.8 Å². The largest absolute Gasteiger partial charge is 0.493 e. The second-order valence-corrected chi connectivity index (χ2v) is 8.07. The molecule has 0 atom stereocenters. The molecule has 0 saturated heterocycles. The van der Waals surface area contributed by atoms with Gasteiger partial charge in [-0.1, -0.05) is 18.2 Å². The highest BCUT2D eigenvalue weighted by Crippen LogP contribution is 2.30. The number of aryl methyl sites for hydroxylation is 3. The van der Waals surface area contributed by atoms with Gasteiger partial charge in [-0.3, -0.25) is 9.59 Å². The lowest BCUT2D eigenvalue weighted by molar-refractivity contribution is 0.0956. The summed E-state index contributed by atoms with van der Waals surface area (Å²) < 4.78 is 10.5.